The number of hydrogen-bond acceptors (Lipinski definition) is 3. The summed E-state index contributed by atoms with van der Waals surface area (Å²) in [7, 11) is 0. The van der Waals surface area contributed by atoms with Crippen LogP contribution in [0.3, 0.4) is 0 Å². The van der Waals surface area contributed by atoms with Gasteiger partial charge in [-0.15, -0.1) is 0 Å². The van der Waals surface area contributed by atoms with Gasteiger partial charge in [-0.1, -0.05) is 30.3 Å². The largest absolute Gasteiger partial charge is 0.481 e. The first-order valence-electron chi connectivity index (χ1n) is 6.58. The molecule has 1 unspecified atom stereocenters. The number of aliphatic carboxylic acids is 1. The molecule has 1 aromatic carbocycles. The zero-order valence-electron chi connectivity index (χ0n) is 11.4. The van der Waals surface area contributed by atoms with E-state index < -0.39 is 5.97 Å². The molecule has 0 amide bonds. The fourth-order valence-corrected chi connectivity index (χ4v) is 1.97. The highest BCUT2D eigenvalue weighted by atomic mass is 16.4. The molecular weight excluding hydrogens is 252 g/mol. The van der Waals surface area contributed by atoms with Gasteiger partial charge in [0.25, 0.3) is 0 Å². The van der Waals surface area contributed by atoms with E-state index in [1.165, 1.54) is 0 Å². The highest BCUT2D eigenvalue weighted by Gasteiger charge is 2.05. The quantitative estimate of drug-likeness (QED) is 0.847. The molecule has 0 spiro atoms. The summed E-state index contributed by atoms with van der Waals surface area (Å²) in [6.45, 7) is 2.83. The highest BCUT2D eigenvalue weighted by Crippen LogP contribution is 2.12. The number of nitrogens with zero attached hydrogens (tertiary/aromatic N) is 1. The van der Waals surface area contributed by atoms with Crippen molar-refractivity contribution in [1.29, 1.82) is 0 Å². The smallest absolute Gasteiger partial charge is 0.307 e. The summed E-state index contributed by atoms with van der Waals surface area (Å²) in [6.07, 6.45) is 3.69. The molecule has 0 saturated carbocycles. The van der Waals surface area contributed by atoms with Gasteiger partial charge in [0.05, 0.1) is 6.42 Å². The van der Waals surface area contributed by atoms with Crippen molar-refractivity contribution >= 4 is 5.97 Å². The summed E-state index contributed by atoms with van der Waals surface area (Å²) in [5.74, 6) is -0.805. The summed E-state index contributed by atoms with van der Waals surface area (Å²) in [5, 5.41) is 12.1. The van der Waals surface area contributed by atoms with Crippen molar-refractivity contribution < 1.29 is 9.90 Å². The average molecular weight is 270 g/mol. The van der Waals surface area contributed by atoms with E-state index in [4.69, 9.17) is 5.11 Å². The average Bonchev–Trinajstić information content (AvgIpc) is 2.46. The van der Waals surface area contributed by atoms with Crippen molar-refractivity contribution in [2.75, 3.05) is 0 Å². The minimum Gasteiger partial charge on any atom is -0.481 e. The molecule has 104 valence electrons. The first kappa shape index (κ1) is 14.2. The molecule has 0 fully saturated rings. The molecule has 1 heterocycles. The summed E-state index contributed by atoms with van der Waals surface area (Å²) in [6, 6.07) is 11.8. The lowest BCUT2D eigenvalue weighted by atomic mass is 10.1. The predicted molar refractivity (Wildman–Crippen MR) is 77.3 cm³/mol. The maximum Gasteiger partial charge on any atom is 0.307 e. The number of hydrogen-bond donors (Lipinski definition) is 2. The molecule has 2 aromatic rings. The molecule has 0 aliphatic carbocycles. The number of benzene rings is 1. The van der Waals surface area contributed by atoms with Crippen LogP contribution in [0.1, 0.15) is 29.7 Å². The number of rotatable bonds is 6. The van der Waals surface area contributed by atoms with Gasteiger partial charge >= 0.3 is 5.97 Å². The second kappa shape index (κ2) is 6.82. The van der Waals surface area contributed by atoms with E-state index in [1.807, 2.05) is 42.6 Å². The summed E-state index contributed by atoms with van der Waals surface area (Å²) < 4.78 is 0. The van der Waals surface area contributed by atoms with Crippen LogP contribution in [0.15, 0.2) is 48.8 Å². The van der Waals surface area contributed by atoms with Crippen molar-refractivity contribution in [2.24, 2.45) is 0 Å². The third-order valence-corrected chi connectivity index (χ3v) is 3.18. The van der Waals surface area contributed by atoms with Crippen molar-refractivity contribution in [3.05, 3.63) is 65.5 Å². The van der Waals surface area contributed by atoms with Crippen LogP contribution in [0.25, 0.3) is 0 Å². The molecule has 1 aromatic heterocycles. The van der Waals surface area contributed by atoms with Crippen LogP contribution in [-0.2, 0) is 17.8 Å². The number of carboxylic acid groups (broad SMARTS) is 1. The van der Waals surface area contributed by atoms with Crippen LogP contribution in [0, 0.1) is 0 Å². The van der Waals surface area contributed by atoms with Crippen molar-refractivity contribution in [3.63, 3.8) is 0 Å². The Morgan fingerprint density at radius 1 is 1.25 bits per heavy atom. The first-order valence-corrected chi connectivity index (χ1v) is 6.58. The number of carboxylic acids is 1. The summed E-state index contributed by atoms with van der Waals surface area (Å²) in [4.78, 5) is 14.7. The molecule has 0 aliphatic rings. The summed E-state index contributed by atoms with van der Waals surface area (Å²) in [5.41, 5.74) is 3.10. The number of nitrogens with one attached hydrogen (secondary N) is 1. The third-order valence-electron chi connectivity index (χ3n) is 3.18. The van der Waals surface area contributed by atoms with Crippen LogP contribution >= 0.6 is 0 Å². The monoisotopic (exact) mass is 270 g/mol. The van der Waals surface area contributed by atoms with E-state index in [0.29, 0.717) is 0 Å². The molecule has 0 bridgehead atoms. The van der Waals surface area contributed by atoms with E-state index >= 15 is 0 Å². The van der Waals surface area contributed by atoms with Gasteiger partial charge in [0.15, 0.2) is 0 Å². The lowest BCUT2D eigenvalue weighted by Crippen LogP contribution is -2.18. The maximum atomic E-state index is 10.6. The molecule has 0 aliphatic heterocycles. The van der Waals surface area contributed by atoms with Gasteiger partial charge in [-0.05, 0) is 29.7 Å². The van der Waals surface area contributed by atoms with Crippen molar-refractivity contribution in [3.8, 4) is 0 Å². The molecular formula is C16H18N2O2. The van der Waals surface area contributed by atoms with Crippen LogP contribution < -0.4 is 5.32 Å². The Balaban J connectivity index is 1.89. The van der Waals surface area contributed by atoms with Crippen LogP contribution in [0.2, 0.25) is 0 Å². The van der Waals surface area contributed by atoms with Crippen LogP contribution in [0.5, 0.6) is 0 Å². The van der Waals surface area contributed by atoms with E-state index in [-0.39, 0.29) is 12.5 Å². The SMILES string of the molecule is CC(NCc1ccc(CC(=O)O)cc1)c1cccnc1. The fourth-order valence-electron chi connectivity index (χ4n) is 1.97. The zero-order chi connectivity index (χ0) is 14.4. The van der Waals surface area contributed by atoms with Crippen molar-refractivity contribution in [1.82, 2.24) is 10.3 Å². The topological polar surface area (TPSA) is 62.2 Å². The predicted octanol–water partition coefficient (Wildman–Crippen LogP) is 2.56. The second-order valence-electron chi connectivity index (χ2n) is 4.78. The van der Waals surface area contributed by atoms with Crippen LogP contribution in [0.4, 0.5) is 0 Å². The molecule has 1 atom stereocenters. The molecule has 2 N–H and O–H groups in total. The lowest BCUT2D eigenvalue weighted by molar-refractivity contribution is -0.136. The van der Waals surface area contributed by atoms with Gasteiger partial charge in [-0.25, -0.2) is 0 Å². The molecule has 4 nitrogen and oxygen atoms in total. The molecule has 2 rings (SSSR count). The minimum absolute atomic E-state index is 0.0692. The van der Waals surface area contributed by atoms with Gasteiger partial charge in [-0.3, -0.25) is 9.78 Å². The van der Waals surface area contributed by atoms with E-state index in [2.05, 4.69) is 17.2 Å². The first-order chi connectivity index (χ1) is 9.65. The van der Waals surface area contributed by atoms with E-state index in [1.54, 1.807) is 6.20 Å². The Hall–Kier alpha value is -2.20. The van der Waals surface area contributed by atoms with E-state index in [0.717, 1.165) is 23.2 Å². The molecule has 0 saturated heterocycles. The highest BCUT2D eigenvalue weighted by molar-refractivity contribution is 5.70. The standard InChI is InChI=1S/C16H18N2O2/c1-12(15-3-2-8-17-11-15)18-10-14-6-4-13(5-7-14)9-16(19)20/h2-8,11-12,18H,9-10H2,1H3,(H,19,20). The van der Waals surface area contributed by atoms with Crippen LogP contribution in [-0.4, -0.2) is 16.1 Å². The zero-order valence-corrected chi connectivity index (χ0v) is 11.4. The minimum atomic E-state index is -0.805. The van der Waals surface area contributed by atoms with Gasteiger partial charge in [0.1, 0.15) is 0 Å². The van der Waals surface area contributed by atoms with Gasteiger partial charge < -0.3 is 10.4 Å². The Morgan fingerprint density at radius 2 is 1.95 bits per heavy atom. The Kier molecular flexibility index (Phi) is 4.85. The number of carbonyl (C=O) groups is 1. The molecule has 0 radical (unpaired) electrons. The second-order valence-corrected chi connectivity index (χ2v) is 4.78. The number of aromatic nitrogens is 1. The maximum absolute atomic E-state index is 10.6. The summed E-state index contributed by atoms with van der Waals surface area (Å²) >= 11 is 0. The van der Waals surface area contributed by atoms with E-state index in [9.17, 15) is 4.79 Å². The number of pyridine rings is 1. The normalized spacial score (nSPS) is 12.1. The lowest BCUT2D eigenvalue weighted by Gasteiger charge is -2.14. The molecule has 20 heavy (non-hydrogen) atoms. The van der Waals surface area contributed by atoms with Gasteiger partial charge in [-0.2, -0.15) is 0 Å². The Labute approximate surface area is 118 Å². The molecule has 4 heteroatoms. The third kappa shape index (κ3) is 4.17. The Bertz CT molecular complexity index is 552. The van der Waals surface area contributed by atoms with Gasteiger partial charge in [0.2, 0.25) is 0 Å². The van der Waals surface area contributed by atoms with Crippen molar-refractivity contribution in [2.45, 2.75) is 25.9 Å². The fraction of sp³-hybridized carbons (Fsp3) is 0.250. The Morgan fingerprint density at radius 3 is 2.55 bits per heavy atom. The van der Waals surface area contributed by atoms with Gasteiger partial charge in [0, 0.05) is 25.0 Å².